The number of H-pyrrole nitrogens is 2. The molecule has 38 heavy (non-hydrogen) atoms. The van der Waals surface area contributed by atoms with Crippen LogP contribution < -0.4 is 9.47 Å². The molecule has 4 aromatic carbocycles. The standard InChI is InChI=1S/C15H12BrNO2.C15H12ClNO2/c16-14-7-12(19-11-4-2-1-3-5-11)8-15-13(14)6-10(9-18)17-15;16-10-6-14-13(8-11(9-18)17-14)15(7-10)19-12-4-2-1-3-5-12/h2*1-8,17-18H,9H2. The third kappa shape index (κ3) is 6.03. The van der Waals surface area contributed by atoms with Gasteiger partial charge >= 0.3 is 0 Å². The van der Waals surface area contributed by atoms with E-state index < -0.39 is 0 Å². The van der Waals surface area contributed by atoms with Crippen LogP contribution in [0, 0.1) is 0 Å². The smallest absolute Gasteiger partial charge is 0.138 e. The second kappa shape index (κ2) is 11.8. The molecule has 0 fully saturated rings. The maximum atomic E-state index is 9.18. The minimum Gasteiger partial charge on any atom is -0.457 e. The number of aromatic nitrogens is 2. The third-order valence-corrected chi connectivity index (χ3v) is 6.60. The number of aliphatic hydroxyl groups is 2. The third-order valence-electron chi connectivity index (χ3n) is 5.73. The summed E-state index contributed by atoms with van der Waals surface area (Å²) in [6.45, 7) is -0.0485. The Morgan fingerprint density at radius 3 is 1.79 bits per heavy atom. The molecule has 0 bridgehead atoms. The first-order valence-electron chi connectivity index (χ1n) is 11.8. The molecule has 0 spiro atoms. The van der Waals surface area contributed by atoms with Gasteiger partial charge < -0.3 is 29.7 Å². The highest BCUT2D eigenvalue weighted by Gasteiger charge is 2.10. The Balaban J connectivity index is 0.000000155. The minimum atomic E-state index is -0.0446. The Kier molecular flexibility index (Phi) is 8.00. The van der Waals surface area contributed by atoms with E-state index in [0.717, 1.165) is 54.9 Å². The van der Waals surface area contributed by atoms with Crippen LogP contribution in [-0.2, 0) is 13.2 Å². The zero-order valence-corrected chi connectivity index (χ0v) is 22.5. The van der Waals surface area contributed by atoms with Crippen molar-refractivity contribution < 1.29 is 19.7 Å². The Morgan fingerprint density at radius 1 is 0.632 bits per heavy atom. The predicted octanol–water partition coefficient (Wildman–Crippen LogP) is 8.32. The molecule has 0 aliphatic carbocycles. The SMILES string of the molecule is OCc1cc2c(Br)cc(Oc3ccccc3)cc2[nH]1.OCc1cc2c(Oc3ccccc3)cc(Cl)cc2[nH]1. The summed E-state index contributed by atoms with van der Waals surface area (Å²) >= 11 is 9.60. The topological polar surface area (TPSA) is 90.5 Å². The molecule has 0 saturated carbocycles. The molecule has 0 aliphatic heterocycles. The number of aromatic amines is 2. The fourth-order valence-corrected chi connectivity index (χ4v) is 4.77. The molecule has 0 atom stereocenters. The van der Waals surface area contributed by atoms with Gasteiger partial charge in [-0.15, -0.1) is 0 Å². The highest BCUT2D eigenvalue weighted by atomic mass is 79.9. The number of para-hydroxylation sites is 2. The fourth-order valence-electron chi connectivity index (χ4n) is 4.01. The van der Waals surface area contributed by atoms with Gasteiger partial charge in [0.15, 0.2) is 0 Å². The number of halogens is 2. The second-order valence-electron chi connectivity index (χ2n) is 8.47. The van der Waals surface area contributed by atoms with Crippen molar-refractivity contribution in [2.24, 2.45) is 0 Å². The van der Waals surface area contributed by atoms with Crippen LogP contribution in [-0.4, -0.2) is 20.2 Å². The lowest BCUT2D eigenvalue weighted by molar-refractivity contribution is 0.277. The van der Waals surface area contributed by atoms with Crippen LogP contribution in [0.3, 0.4) is 0 Å². The molecule has 2 heterocycles. The van der Waals surface area contributed by atoms with E-state index in [1.165, 1.54) is 0 Å². The second-order valence-corrected chi connectivity index (χ2v) is 9.76. The zero-order valence-electron chi connectivity index (χ0n) is 20.1. The largest absolute Gasteiger partial charge is 0.457 e. The van der Waals surface area contributed by atoms with Crippen molar-refractivity contribution in [2.45, 2.75) is 13.2 Å². The van der Waals surface area contributed by atoms with Crippen LogP contribution in [0.5, 0.6) is 23.0 Å². The molecular formula is C30H24BrClN2O4. The number of aliphatic hydroxyl groups excluding tert-OH is 2. The molecule has 4 N–H and O–H groups in total. The van der Waals surface area contributed by atoms with Crippen LogP contribution in [0.1, 0.15) is 11.4 Å². The molecular weight excluding hydrogens is 568 g/mol. The quantitative estimate of drug-likeness (QED) is 0.157. The van der Waals surface area contributed by atoms with Crippen LogP contribution in [0.4, 0.5) is 0 Å². The summed E-state index contributed by atoms with van der Waals surface area (Å²) in [7, 11) is 0. The lowest BCUT2D eigenvalue weighted by atomic mass is 10.2. The average molecular weight is 592 g/mol. The van der Waals surface area contributed by atoms with E-state index in [2.05, 4.69) is 25.9 Å². The summed E-state index contributed by atoms with van der Waals surface area (Å²) in [4.78, 5) is 6.25. The Bertz CT molecular complexity index is 1670. The maximum Gasteiger partial charge on any atom is 0.138 e. The summed E-state index contributed by atoms with van der Waals surface area (Å²) in [5.41, 5.74) is 3.30. The van der Waals surface area contributed by atoms with Crippen LogP contribution in [0.25, 0.3) is 21.8 Å². The number of hydrogen-bond acceptors (Lipinski definition) is 4. The van der Waals surface area contributed by atoms with Crippen LogP contribution in [0.15, 0.2) is 102 Å². The molecule has 192 valence electrons. The normalized spacial score (nSPS) is 10.8. The van der Waals surface area contributed by atoms with Crippen molar-refractivity contribution >= 4 is 49.3 Å². The van der Waals surface area contributed by atoms with Gasteiger partial charge in [-0.1, -0.05) is 48.0 Å². The van der Waals surface area contributed by atoms with Crippen molar-refractivity contribution in [2.75, 3.05) is 0 Å². The highest BCUT2D eigenvalue weighted by Crippen LogP contribution is 2.34. The molecule has 0 aliphatic rings. The monoisotopic (exact) mass is 590 g/mol. The van der Waals surface area contributed by atoms with E-state index in [1.807, 2.05) is 91.0 Å². The summed E-state index contributed by atoms with van der Waals surface area (Å²) in [6, 6.07) is 30.4. The van der Waals surface area contributed by atoms with Gasteiger partial charge in [0.25, 0.3) is 0 Å². The van der Waals surface area contributed by atoms with Gasteiger partial charge in [-0.05, 0) is 64.5 Å². The number of rotatable bonds is 6. The lowest BCUT2D eigenvalue weighted by Gasteiger charge is -2.07. The molecule has 2 aromatic heterocycles. The van der Waals surface area contributed by atoms with Crippen molar-refractivity contribution in [3.05, 3.63) is 118 Å². The molecule has 0 radical (unpaired) electrons. The number of fused-ring (bicyclic) bond motifs is 2. The molecule has 6 nitrogen and oxygen atoms in total. The van der Waals surface area contributed by atoms with Crippen molar-refractivity contribution in [1.29, 1.82) is 0 Å². The first-order chi connectivity index (χ1) is 18.5. The van der Waals surface area contributed by atoms with E-state index >= 15 is 0 Å². The summed E-state index contributed by atoms with van der Waals surface area (Å²) in [5.74, 6) is 2.96. The lowest BCUT2D eigenvalue weighted by Crippen LogP contribution is -1.84. The first kappa shape index (κ1) is 25.9. The van der Waals surface area contributed by atoms with Gasteiger partial charge in [-0.3, -0.25) is 0 Å². The first-order valence-corrected chi connectivity index (χ1v) is 13.0. The zero-order chi connectivity index (χ0) is 26.5. The Morgan fingerprint density at radius 2 is 1.18 bits per heavy atom. The summed E-state index contributed by atoms with van der Waals surface area (Å²) in [5, 5.41) is 20.9. The van der Waals surface area contributed by atoms with Gasteiger partial charge in [-0.25, -0.2) is 0 Å². The van der Waals surface area contributed by atoms with E-state index in [9.17, 15) is 5.11 Å². The van der Waals surface area contributed by atoms with Gasteiger partial charge in [0.1, 0.15) is 23.0 Å². The molecule has 0 unspecified atom stereocenters. The summed E-state index contributed by atoms with van der Waals surface area (Å²) < 4.78 is 12.6. The van der Waals surface area contributed by atoms with E-state index in [4.69, 9.17) is 26.2 Å². The average Bonchev–Trinajstić information content (AvgIpc) is 3.54. The molecule has 6 aromatic rings. The highest BCUT2D eigenvalue weighted by molar-refractivity contribution is 9.10. The fraction of sp³-hybridized carbons (Fsp3) is 0.0667. The van der Waals surface area contributed by atoms with Gasteiger partial charge in [0, 0.05) is 43.8 Å². The van der Waals surface area contributed by atoms with Crippen molar-refractivity contribution in [3.63, 3.8) is 0 Å². The van der Waals surface area contributed by atoms with E-state index in [1.54, 1.807) is 6.07 Å². The predicted molar refractivity (Wildman–Crippen MR) is 154 cm³/mol. The van der Waals surface area contributed by atoms with E-state index in [0.29, 0.717) is 10.8 Å². The van der Waals surface area contributed by atoms with Gasteiger partial charge in [-0.2, -0.15) is 0 Å². The summed E-state index contributed by atoms with van der Waals surface area (Å²) in [6.07, 6.45) is 0. The van der Waals surface area contributed by atoms with Gasteiger partial charge in [0.05, 0.1) is 24.2 Å². The van der Waals surface area contributed by atoms with E-state index in [-0.39, 0.29) is 13.2 Å². The Labute approximate surface area is 232 Å². The maximum absolute atomic E-state index is 9.18. The van der Waals surface area contributed by atoms with Crippen molar-refractivity contribution in [3.8, 4) is 23.0 Å². The Hall–Kier alpha value is -3.75. The molecule has 0 amide bonds. The molecule has 6 rings (SSSR count). The van der Waals surface area contributed by atoms with Crippen LogP contribution >= 0.6 is 27.5 Å². The number of nitrogens with one attached hydrogen (secondary N) is 2. The number of ether oxygens (including phenoxy) is 2. The van der Waals surface area contributed by atoms with Crippen LogP contribution in [0.2, 0.25) is 5.02 Å². The number of benzene rings is 4. The minimum absolute atomic E-state index is 0.00397. The number of hydrogen-bond donors (Lipinski definition) is 4. The van der Waals surface area contributed by atoms with Gasteiger partial charge in [0.2, 0.25) is 0 Å². The van der Waals surface area contributed by atoms with Crippen molar-refractivity contribution in [1.82, 2.24) is 9.97 Å². The molecule has 8 heteroatoms. The molecule has 0 saturated heterocycles.